The van der Waals surface area contributed by atoms with E-state index in [-0.39, 0.29) is 23.9 Å². The van der Waals surface area contributed by atoms with E-state index in [0.717, 1.165) is 32.3 Å². The van der Waals surface area contributed by atoms with E-state index in [9.17, 15) is 5.11 Å². The third kappa shape index (κ3) is 2.50. The predicted molar refractivity (Wildman–Crippen MR) is 61.8 cm³/mol. The molecule has 0 radical (unpaired) electrons. The molecule has 3 heterocycles. The summed E-state index contributed by atoms with van der Waals surface area (Å²) in [4.78, 5) is 0. The Morgan fingerprint density at radius 2 is 2.12 bits per heavy atom. The minimum Gasteiger partial charge on any atom is -0.390 e. The van der Waals surface area contributed by atoms with Crippen molar-refractivity contribution in [2.24, 2.45) is 0 Å². The largest absolute Gasteiger partial charge is 0.390 e. The van der Waals surface area contributed by atoms with Crippen molar-refractivity contribution < 1.29 is 19.3 Å². The summed E-state index contributed by atoms with van der Waals surface area (Å²) in [7, 11) is 0. The lowest BCUT2D eigenvalue weighted by atomic mass is 9.93. The quantitative estimate of drug-likeness (QED) is 0.754. The van der Waals surface area contributed by atoms with Crippen molar-refractivity contribution in [3.05, 3.63) is 0 Å². The third-order valence-corrected chi connectivity index (χ3v) is 4.33. The average molecular weight is 242 g/mol. The van der Waals surface area contributed by atoms with Crippen LogP contribution in [0.4, 0.5) is 0 Å². The van der Waals surface area contributed by atoms with Crippen molar-refractivity contribution in [2.75, 3.05) is 6.61 Å². The van der Waals surface area contributed by atoms with Crippen LogP contribution in [0.15, 0.2) is 0 Å². The van der Waals surface area contributed by atoms with Gasteiger partial charge >= 0.3 is 0 Å². The number of ether oxygens (including phenoxy) is 3. The first kappa shape index (κ1) is 11.9. The van der Waals surface area contributed by atoms with Crippen molar-refractivity contribution in [1.82, 2.24) is 0 Å². The van der Waals surface area contributed by atoms with Crippen LogP contribution in [-0.2, 0) is 14.2 Å². The molecular formula is C13H22O4. The molecule has 0 bridgehead atoms. The van der Waals surface area contributed by atoms with Crippen LogP contribution in [0.2, 0.25) is 0 Å². The van der Waals surface area contributed by atoms with Crippen LogP contribution in [0.25, 0.3) is 0 Å². The van der Waals surface area contributed by atoms with Gasteiger partial charge in [0.1, 0.15) is 0 Å². The standard InChI is InChI=1S/C13H22O4/c1-8-11(16-8)7-13(2)12(17-13)6-10-9(14)4-3-5-15-10/h8-12,14H,3-7H2,1-2H3/t8-,9-,10+,11-,12-,13-/m1/s1. The molecule has 17 heavy (non-hydrogen) atoms. The summed E-state index contributed by atoms with van der Waals surface area (Å²) in [5, 5.41) is 9.85. The fourth-order valence-electron chi connectivity index (χ4n) is 2.87. The second kappa shape index (κ2) is 4.19. The third-order valence-electron chi connectivity index (χ3n) is 4.33. The molecule has 4 nitrogen and oxygen atoms in total. The van der Waals surface area contributed by atoms with Gasteiger partial charge in [0.25, 0.3) is 0 Å². The number of aliphatic hydroxyl groups excluding tert-OH is 1. The summed E-state index contributed by atoms with van der Waals surface area (Å²) < 4.78 is 16.8. The normalized spacial score (nSPS) is 53.5. The van der Waals surface area contributed by atoms with Gasteiger partial charge in [-0.1, -0.05) is 0 Å². The van der Waals surface area contributed by atoms with Gasteiger partial charge in [-0.3, -0.25) is 0 Å². The first-order chi connectivity index (χ1) is 8.08. The highest BCUT2D eigenvalue weighted by molar-refractivity contribution is 5.05. The Morgan fingerprint density at radius 3 is 2.76 bits per heavy atom. The zero-order chi connectivity index (χ0) is 12.0. The topological polar surface area (TPSA) is 54.5 Å². The lowest BCUT2D eigenvalue weighted by Gasteiger charge is -2.27. The summed E-state index contributed by atoms with van der Waals surface area (Å²) >= 11 is 0. The molecule has 3 fully saturated rings. The molecule has 98 valence electrons. The van der Waals surface area contributed by atoms with Gasteiger partial charge in [0.15, 0.2) is 0 Å². The molecule has 0 aromatic rings. The van der Waals surface area contributed by atoms with E-state index in [0.29, 0.717) is 12.2 Å². The Morgan fingerprint density at radius 1 is 1.35 bits per heavy atom. The van der Waals surface area contributed by atoms with Crippen LogP contribution in [0.3, 0.4) is 0 Å². The molecule has 6 atom stereocenters. The van der Waals surface area contributed by atoms with Gasteiger partial charge < -0.3 is 19.3 Å². The Labute approximate surface area is 102 Å². The molecule has 0 aromatic carbocycles. The predicted octanol–water partition coefficient (Wildman–Crippen LogP) is 1.25. The molecular weight excluding hydrogens is 220 g/mol. The molecule has 0 saturated carbocycles. The minimum atomic E-state index is -0.312. The molecule has 4 heteroatoms. The summed E-state index contributed by atoms with van der Waals surface area (Å²) in [6.45, 7) is 5.01. The maximum atomic E-state index is 9.85. The Hall–Kier alpha value is -0.160. The van der Waals surface area contributed by atoms with Crippen LogP contribution in [0.5, 0.6) is 0 Å². The number of rotatable bonds is 4. The zero-order valence-electron chi connectivity index (χ0n) is 10.6. The van der Waals surface area contributed by atoms with Gasteiger partial charge in [-0.05, 0) is 26.7 Å². The maximum Gasteiger partial charge on any atom is 0.0947 e. The molecule has 0 spiro atoms. The van der Waals surface area contributed by atoms with Crippen molar-refractivity contribution >= 4 is 0 Å². The molecule has 0 aliphatic carbocycles. The monoisotopic (exact) mass is 242 g/mol. The van der Waals surface area contributed by atoms with Gasteiger partial charge in [-0.25, -0.2) is 0 Å². The molecule has 3 aliphatic heterocycles. The SMILES string of the molecule is C[C@H]1O[C@@H]1C[C@@]1(C)O[C@@H]1C[C@@H]1OCCC[C@H]1O. The number of hydrogen-bond donors (Lipinski definition) is 1. The van der Waals surface area contributed by atoms with Crippen LogP contribution >= 0.6 is 0 Å². The van der Waals surface area contributed by atoms with E-state index in [1.807, 2.05) is 0 Å². The van der Waals surface area contributed by atoms with E-state index in [1.165, 1.54) is 0 Å². The van der Waals surface area contributed by atoms with Crippen LogP contribution < -0.4 is 0 Å². The van der Waals surface area contributed by atoms with E-state index in [4.69, 9.17) is 14.2 Å². The fraction of sp³-hybridized carbons (Fsp3) is 1.00. The maximum absolute atomic E-state index is 9.85. The lowest BCUT2D eigenvalue weighted by Crippen LogP contribution is -2.35. The molecule has 1 N–H and O–H groups in total. The molecule has 0 unspecified atom stereocenters. The van der Waals surface area contributed by atoms with Crippen molar-refractivity contribution in [1.29, 1.82) is 0 Å². The van der Waals surface area contributed by atoms with Crippen molar-refractivity contribution in [2.45, 2.75) is 75.7 Å². The van der Waals surface area contributed by atoms with Crippen LogP contribution in [-0.4, -0.2) is 47.8 Å². The average Bonchev–Trinajstić information content (AvgIpc) is 3.12. The zero-order valence-corrected chi connectivity index (χ0v) is 10.6. The first-order valence-corrected chi connectivity index (χ1v) is 6.71. The van der Waals surface area contributed by atoms with Crippen LogP contribution in [0, 0.1) is 0 Å². The highest BCUT2D eigenvalue weighted by Crippen LogP contribution is 2.47. The Balaban J connectivity index is 1.47. The van der Waals surface area contributed by atoms with E-state index < -0.39 is 0 Å². The smallest absolute Gasteiger partial charge is 0.0947 e. The molecule has 3 aliphatic rings. The van der Waals surface area contributed by atoms with Crippen LogP contribution in [0.1, 0.15) is 39.5 Å². The van der Waals surface area contributed by atoms with Crippen molar-refractivity contribution in [3.63, 3.8) is 0 Å². The highest BCUT2D eigenvalue weighted by Gasteiger charge is 2.57. The number of epoxide rings is 2. The summed E-state index contributed by atoms with van der Waals surface area (Å²) in [6.07, 6.45) is 4.28. The van der Waals surface area contributed by atoms with Gasteiger partial charge in [0.05, 0.1) is 36.1 Å². The van der Waals surface area contributed by atoms with Gasteiger partial charge in [-0.15, -0.1) is 0 Å². The molecule has 3 rings (SSSR count). The van der Waals surface area contributed by atoms with Gasteiger partial charge in [0, 0.05) is 19.4 Å². The Bertz CT molecular complexity index is 295. The van der Waals surface area contributed by atoms with Crippen molar-refractivity contribution in [3.8, 4) is 0 Å². The number of hydrogen-bond acceptors (Lipinski definition) is 4. The van der Waals surface area contributed by atoms with E-state index >= 15 is 0 Å². The second-order valence-corrected chi connectivity index (χ2v) is 5.86. The molecule has 3 saturated heterocycles. The lowest BCUT2D eigenvalue weighted by molar-refractivity contribution is -0.0792. The molecule has 0 amide bonds. The summed E-state index contributed by atoms with van der Waals surface area (Å²) in [6, 6.07) is 0. The Kier molecular flexibility index (Phi) is 2.94. The van der Waals surface area contributed by atoms with Gasteiger partial charge in [-0.2, -0.15) is 0 Å². The van der Waals surface area contributed by atoms with E-state index in [1.54, 1.807) is 0 Å². The molecule has 0 aromatic heterocycles. The number of aliphatic hydroxyl groups is 1. The fourth-order valence-corrected chi connectivity index (χ4v) is 2.87. The second-order valence-electron chi connectivity index (χ2n) is 5.86. The summed E-state index contributed by atoms with van der Waals surface area (Å²) in [5.41, 5.74) is -0.0457. The minimum absolute atomic E-state index is 0.0341. The van der Waals surface area contributed by atoms with Gasteiger partial charge in [0.2, 0.25) is 0 Å². The first-order valence-electron chi connectivity index (χ1n) is 6.71. The van der Waals surface area contributed by atoms with E-state index in [2.05, 4.69) is 13.8 Å². The highest BCUT2D eigenvalue weighted by atomic mass is 16.6. The summed E-state index contributed by atoms with van der Waals surface area (Å²) in [5.74, 6) is 0.